The van der Waals surface area contributed by atoms with Gasteiger partial charge in [0, 0.05) is 19.7 Å². The minimum atomic E-state index is -0.0535. The summed E-state index contributed by atoms with van der Waals surface area (Å²) >= 11 is 0. The van der Waals surface area contributed by atoms with Gasteiger partial charge in [0.2, 0.25) is 0 Å². The summed E-state index contributed by atoms with van der Waals surface area (Å²) in [7, 11) is 0. The van der Waals surface area contributed by atoms with E-state index in [-0.39, 0.29) is 6.03 Å². The van der Waals surface area contributed by atoms with Crippen molar-refractivity contribution in [1.29, 1.82) is 0 Å². The molecule has 21 heavy (non-hydrogen) atoms. The summed E-state index contributed by atoms with van der Waals surface area (Å²) in [5.41, 5.74) is 1.32. The molecule has 0 radical (unpaired) electrons. The molecule has 2 amide bonds. The van der Waals surface area contributed by atoms with Gasteiger partial charge >= 0.3 is 6.03 Å². The second-order valence-corrected chi connectivity index (χ2v) is 5.80. The molecule has 0 unspecified atom stereocenters. The molecule has 116 valence electrons. The summed E-state index contributed by atoms with van der Waals surface area (Å²) in [5, 5.41) is 5.89. The van der Waals surface area contributed by atoms with Gasteiger partial charge in [-0.25, -0.2) is 4.79 Å². The van der Waals surface area contributed by atoms with Crippen molar-refractivity contribution in [2.75, 3.05) is 19.7 Å². The van der Waals surface area contributed by atoms with E-state index in [9.17, 15) is 4.79 Å². The van der Waals surface area contributed by atoms with E-state index in [0.29, 0.717) is 18.6 Å². The lowest BCUT2D eigenvalue weighted by atomic mass is 9.96. The first-order valence-corrected chi connectivity index (χ1v) is 7.91. The lowest BCUT2D eigenvalue weighted by Crippen LogP contribution is -2.40. The summed E-state index contributed by atoms with van der Waals surface area (Å²) in [6.07, 6.45) is 4.36. The van der Waals surface area contributed by atoms with Crippen LogP contribution in [0.5, 0.6) is 0 Å². The Morgan fingerprint density at radius 3 is 2.86 bits per heavy atom. The van der Waals surface area contributed by atoms with Crippen molar-refractivity contribution in [3.63, 3.8) is 0 Å². The summed E-state index contributed by atoms with van der Waals surface area (Å²) in [5.74, 6) is 0.545. The van der Waals surface area contributed by atoms with Crippen molar-refractivity contribution in [1.82, 2.24) is 10.6 Å². The van der Waals surface area contributed by atoms with Crippen LogP contribution in [0.25, 0.3) is 0 Å². The molecular weight excluding hydrogens is 264 g/mol. The number of amides is 2. The molecule has 2 rings (SSSR count). The number of hydrogen-bond donors (Lipinski definition) is 2. The van der Waals surface area contributed by atoms with Gasteiger partial charge in [0.1, 0.15) is 0 Å². The molecule has 1 aliphatic rings. The van der Waals surface area contributed by atoms with Gasteiger partial charge < -0.3 is 15.4 Å². The molecule has 0 bridgehead atoms. The van der Waals surface area contributed by atoms with Gasteiger partial charge in [-0.15, -0.1) is 0 Å². The number of rotatable bonds is 6. The molecule has 1 fully saturated rings. The highest BCUT2D eigenvalue weighted by atomic mass is 16.5. The molecule has 0 aromatic heterocycles. The number of benzene rings is 1. The average Bonchev–Trinajstić information content (AvgIpc) is 2.51. The predicted octanol–water partition coefficient (Wildman–Crippen LogP) is 2.73. The van der Waals surface area contributed by atoms with Crippen LogP contribution in [0, 0.1) is 5.92 Å². The van der Waals surface area contributed by atoms with Crippen LogP contribution in [0.15, 0.2) is 30.3 Å². The number of aryl methyl sites for hydroxylation is 1. The van der Waals surface area contributed by atoms with Crippen molar-refractivity contribution >= 4 is 6.03 Å². The Balaban J connectivity index is 1.53. The Morgan fingerprint density at radius 2 is 2.10 bits per heavy atom. The summed E-state index contributed by atoms with van der Waals surface area (Å²) in [6.45, 7) is 4.37. The van der Waals surface area contributed by atoms with Crippen LogP contribution in [0.2, 0.25) is 0 Å². The Kier molecular flexibility index (Phi) is 6.54. The summed E-state index contributed by atoms with van der Waals surface area (Å²) < 4.78 is 5.51. The van der Waals surface area contributed by atoms with E-state index >= 15 is 0 Å². The first-order valence-electron chi connectivity index (χ1n) is 7.91. The van der Waals surface area contributed by atoms with Crippen molar-refractivity contribution in [2.45, 2.75) is 38.7 Å². The van der Waals surface area contributed by atoms with Crippen LogP contribution in [-0.2, 0) is 11.2 Å². The number of hydrogen-bond acceptors (Lipinski definition) is 2. The van der Waals surface area contributed by atoms with Gasteiger partial charge in [-0.1, -0.05) is 30.3 Å². The minimum absolute atomic E-state index is 0.0535. The van der Waals surface area contributed by atoms with Crippen molar-refractivity contribution in [3.8, 4) is 0 Å². The van der Waals surface area contributed by atoms with Gasteiger partial charge in [-0.3, -0.25) is 0 Å². The fourth-order valence-corrected chi connectivity index (χ4v) is 2.72. The number of ether oxygens (including phenoxy) is 1. The molecule has 0 spiro atoms. The van der Waals surface area contributed by atoms with Gasteiger partial charge in [0.25, 0.3) is 0 Å². The van der Waals surface area contributed by atoms with Crippen LogP contribution in [-0.4, -0.2) is 31.8 Å². The quantitative estimate of drug-likeness (QED) is 0.792. The molecule has 1 heterocycles. The molecule has 1 aromatic rings. The van der Waals surface area contributed by atoms with Crippen LogP contribution < -0.4 is 10.6 Å². The Hall–Kier alpha value is -1.55. The SMILES string of the molecule is C[C@H]1C[C@@H](CNC(=O)NCCCc2ccccc2)CCO1. The molecular formula is C17H26N2O2. The average molecular weight is 290 g/mol. The Labute approximate surface area is 127 Å². The highest BCUT2D eigenvalue weighted by molar-refractivity contribution is 5.73. The highest BCUT2D eigenvalue weighted by Gasteiger charge is 2.19. The van der Waals surface area contributed by atoms with Crippen molar-refractivity contribution < 1.29 is 9.53 Å². The first-order chi connectivity index (χ1) is 10.2. The van der Waals surface area contributed by atoms with E-state index in [4.69, 9.17) is 4.74 Å². The third-order valence-electron chi connectivity index (χ3n) is 3.92. The molecule has 0 aliphatic carbocycles. The standard InChI is InChI=1S/C17H26N2O2/c1-14-12-16(9-11-21-14)13-19-17(20)18-10-5-8-15-6-3-2-4-7-15/h2-4,6-7,14,16H,5,8-13H2,1H3,(H2,18,19,20)/t14-,16-/m0/s1. The topological polar surface area (TPSA) is 50.4 Å². The van der Waals surface area contributed by atoms with Crippen molar-refractivity contribution in [3.05, 3.63) is 35.9 Å². The van der Waals surface area contributed by atoms with Gasteiger partial charge in [0.15, 0.2) is 0 Å². The number of carbonyl (C=O) groups excluding carboxylic acids is 1. The van der Waals surface area contributed by atoms with E-state index in [2.05, 4.69) is 29.7 Å². The maximum Gasteiger partial charge on any atom is 0.314 e. The first kappa shape index (κ1) is 15.8. The fraction of sp³-hybridized carbons (Fsp3) is 0.588. The largest absolute Gasteiger partial charge is 0.378 e. The van der Waals surface area contributed by atoms with Crippen LogP contribution >= 0.6 is 0 Å². The Bertz CT molecular complexity index is 422. The number of urea groups is 1. The van der Waals surface area contributed by atoms with E-state index in [1.807, 2.05) is 18.2 Å². The maximum absolute atomic E-state index is 11.7. The van der Waals surface area contributed by atoms with E-state index in [1.165, 1.54) is 5.56 Å². The lowest BCUT2D eigenvalue weighted by Gasteiger charge is -2.27. The number of carbonyl (C=O) groups is 1. The molecule has 0 saturated carbocycles. The zero-order chi connectivity index (χ0) is 14.9. The second-order valence-electron chi connectivity index (χ2n) is 5.80. The van der Waals surface area contributed by atoms with Crippen LogP contribution in [0.1, 0.15) is 31.7 Å². The molecule has 2 atom stereocenters. The maximum atomic E-state index is 11.7. The zero-order valence-corrected chi connectivity index (χ0v) is 12.8. The van der Waals surface area contributed by atoms with Gasteiger partial charge in [0.05, 0.1) is 6.10 Å². The second kappa shape index (κ2) is 8.67. The van der Waals surface area contributed by atoms with Gasteiger partial charge in [-0.05, 0) is 44.1 Å². The van der Waals surface area contributed by atoms with Crippen LogP contribution in [0.3, 0.4) is 0 Å². The fourth-order valence-electron chi connectivity index (χ4n) is 2.72. The third kappa shape index (κ3) is 6.17. The van der Waals surface area contributed by atoms with Crippen molar-refractivity contribution in [2.24, 2.45) is 5.92 Å². The molecule has 4 heteroatoms. The number of nitrogens with one attached hydrogen (secondary N) is 2. The molecule has 1 aliphatic heterocycles. The molecule has 2 N–H and O–H groups in total. The van der Waals surface area contributed by atoms with E-state index in [1.54, 1.807) is 0 Å². The normalized spacial score (nSPS) is 21.8. The van der Waals surface area contributed by atoms with Gasteiger partial charge in [-0.2, -0.15) is 0 Å². The Morgan fingerprint density at radius 1 is 1.29 bits per heavy atom. The zero-order valence-electron chi connectivity index (χ0n) is 12.8. The molecule has 1 saturated heterocycles. The highest BCUT2D eigenvalue weighted by Crippen LogP contribution is 2.18. The minimum Gasteiger partial charge on any atom is -0.378 e. The summed E-state index contributed by atoms with van der Waals surface area (Å²) in [4.78, 5) is 11.7. The summed E-state index contributed by atoms with van der Waals surface area (Å²) in [6, 6.07) is 10.3. The molecule has 4 nitrogen and oxygen atoms in total. The lowest BCUT2D eigenvalue weighted by molar-refractivity contribution is 0.00346. The monoisotopic (exact) mass is 290 g/mol. The van der Waals surface area contributed by atoms with E-state index < -0.39 is 0 Å². The van der Waals surface area contributed by atoms with E-state index in [0.717, 1.165) is 38.8 Å². The molecule has 1 aromatic carbocycles. The third-order valence-corrected chi connectivity index (χ3v) is 3.92. The smallest absolute Gasteiger partial charge is 0.314 e. The van der Waals surface area contributed by atoms with Crippen LogP contribution in [0.4, 0.5) is 4.79 Å². The predicted molar refractivity (Wildman–Crippen MR) is 84.3 cm³/mol.